The number of nitrogens with one attached hydrogen (secondary N) is 2. The molecule has 27 heavy (non-hydrogen) atoms. The van der Waals surface area contributed by atoms with Gasteiger partial charge in [-0.3, -0.25) is 4.79 Å². The van der Waals surface area contributed by atoms with Crippen molar-refractivity contribution in [2.45, 2.75) is 77.6 Å². The van der Waals surface area contributed by atoms with E-state index in [4.69, 9.17) is 17.0 Å². The maximum atomic E-state index is 12.1. The van der Waals surface area contributed by atoms with Gasteiger partial charge in [0.25, 0.3) is 0 Å². The molecule has 1 saturated carbocycles. The number of rotatable bonds is 10. The van der Waals surface area contributed by atoms with Crippen LogP contribution < -0.4 is 15.4 Å². The predicted octanol–water partition coefficient (Wildman–Crippen LogP) is 5.82. The van der Waals surface area contributed by atoms with Crippen LogP contribution in [0.15, 0.2) is 24.3 Å². The minimum atomic E-state index is 0.00130. The highest BCUT2D eigenvalue weighted by Crippen LogP contribution is 2.27. The fourth-order valence-electron chi connectivity index (χ4n) is 3.55. The van der Waals surface area contributed by atoms with E-state index in [1.54, 1.807) is 0 Å². The van der Waals surface area contributed by atoms with Crippen molar-refractivity contribution in [2.75, 3.05) is 11.9 Å². The molecule has 5 heteroatoms. The lowest BCUT2D eigenvalue weighted by Gasteiger charge is -2.21. The summed E-state index contributed by atoms with van der Waals surface area (Å²) in [6.07, 6.45) is 12.8. The molecule has 0 radical (unpaired) electrons. The zero-order valence-electron chi connectivity index (χ0n) is 16.6. The highest BCUT2D eigenvalue weighted by molar-refractivity contribution is 7.80. The Hall–Kier alpha value is -1.62. The standard InChI is InChI=1S/C22H34N2O2S/c1-2-3-4-8-16-26-20-13-9-12-19(17-20)23-22(27)24-21(25)15-14-18-10-6-5-7-11-18/h9,12-13,17-18H,2-8,10-11,14-16H2,1H3,(H2,23,24,25,27). The molecular weight excluding hydrogens is 356 g/mol. The number of unbranched alkanes of at least 4 members (excludes halogenated alkanes) is 3. The molecule has 1 amide bonds. The second kappa shape index (κ2) is 12.7. The van der Waals surface area contributed by atoms with Gasteiger partial charge in [0, 0.05) is 18.2 Å². The van der Waals surface area contributed by atoms with Crippen molar-refractivity contribution in [2.24, 2.45) is 5.92 Å². The van der Waals surface area contributed by atoms with Gasteiger partial charge in [0.2, 0.25) is 5.91 Å². The Labute approximate surface area is 169 Å². The summed E-state index contributed by atoms with van der Waals surface area (Å²) >= 11 is 5.28. The van der Waals surface area contributed by atoms with Gasteiger partial charge in [-0.05, 0) is 43.1 Å². The molecule has 0 aromatic heterocycles. The number of carbonyl (C=O) groups excluding carboxylic acids is 1. The summed E-state index contributed by atoms with van der Waals surface area (Å²) in [5.41, 5.74) is 0.832. The number of hydrogen-bond donors (Lipinski definition) is 2. The molecule has 0 spiro atoms. The summed E-state index contributed by atoms with van der Waals surface area (Å²) < 4.78 is 5.79. The van der Waals surface area contributed by atoms with E-state index in [1.807, 2.05) is 24.3 Å². The number of anilines is 1. The average molecular weight is 391 g/mol. The van der Waals surface area contributed by atoms with Crippen LogP contribution in [0, 0.1) is 5.92 Å². The highest BCUT2D eigenvalue weighted by atomic mass is 32.1. The first-order valence-corrected chi connectivity index (χ1v) is 10.9. The first-order valence-electron chi connectivity index (χ1n) is 10.5. The first kappa shape index (κ1) is 21.7. The van der Waals surface area contributed by atoms with Gasteiger partial charge in [-0.2, -0.15) is 0 Å². The van der Waals surface area contributed by atoms with Crippen LogP contribution >= 0.6 is 12.2 Å². The van der Waals surface area contributed by atoms with Crippen LogP contribution in [0.4, 0.5) is 5.69 Å². The zero-order chi connectivity index (χ0) is 19.3. The SMILES string of the molecule is CCCCCCOc1cccc(NC(=S)NC(=O)CCC2CCCCC2)c1. The van der Waals surface area contributed by atoms with E-state index >= 15 is 0 Å². The Morgan fingerprint density at radius 3 is 2.78 bits per heavy atom. The first-order chi connectivity index (χ1) is 13.2. The van der Waals surface area contributed by atoms with Crippen molar-refractivity contribution >= 4 is 28.9 Å². The van der Waals surface area contributed by atoms with Crippen LogP contribution in [0.2, 0.25) is 0 Å². The Balaban J connectivity index is 1.68. The quantitative estimate of drug-likeness (QED) is 0.390. The number of carbonyl (C=O) groups is 1. The Morgan fingerprint density at radius 1 is 1.19 bits per heavy atom. The molecule has 4 nitrogen and oxygen atoms in total. The van der Waals surface area contributed by atoms with Crippen molar-refractivity contribution in [3.05, 3.63) is 24.3 Å². The topological polar surface area (TPSA) is 50.4 Å². The van der Waals surface area contributed by atoms with E-state index < -0.39 is 0 Å². The molecule has 1 aromatic carbocycles. The normalized spacial score (nSPS) is 14.6. The van der Waals surface area contributed by atoms with E-state index in [1.165, 1.54) is 51.4 Å². The van der Waals surface area contributed by atoms with Crippen LogP contribution in [0.1, 0.15) is 77.6 Å². The summed E-state index contributed by atoms with van der Waals surface area (Å²) in [6, 6.07) is 7.71. The largest absolute Gasteiger partial charge is 0.494 e. The molecule has 0 bridgehead atoms. The van der Waals surface area contributed by atoms with E-state index in [-0.39, 0.29) is 5.91 Å². The summed E-state index contributed by atoms with van der Waals surface area (Å²) in [7, 11) is 0. The third-order valence-electron chi connectivity index (χ3n) is 5.12. The molecule has 0 heterocycles. The third-order valence-corrected chi connectivity index (χ3v) is 5.32. The van der Waals surface area contributed by atoms with Gasteiger partial charge in [0.1, 0.15) is 5.75 Å². The molecule has 0 unspecified atom stereocenters. The van der Waals surface area contributed by atoms with Crippen molar-refractivity contribution in [3.63, 3.8) is 0 Å². The van der Waals surface area contributed by atoms with Crippen molar-refractivity contribution in [1.29, 1.82) is 0 Å². The van der Waals surface area contributed by atoms with Gasteiger partial charge >= 0.3 is 0 Å². The number of thiocarbonyl (C=S) groups is 1. The van der Waals surface area contributed by atoms with Crippen LogP contribution in [-0.4, -0.2) is 17.6 Å². The molecule has 0 aliphatic heterocycles. The number of benzene rings is 1. The molecule has 0 saturated heterocycles. The van der Waals surface area contributed by atoms with Crippen LogP contribution in [-0.2, 0) is 4.79 Å². The van der Waals surface area contributed by atoms with Gasteiger partial charge in [-0.15, -0.1) is 0 Å². The van der Waals surface area contributed by atoms with Crippen molar-refractivity contribution < 1.29 is 9.53 Å². The summed E-state index contributed by atoms with van der Waals surface area (Å²) in [5, 5.41) is 6.23. The molecule has 1 aliphatic carbocycles. The lowest BCUT2D eigenvalue weighted by molar-refractivity contribution is -0.120. The van der Waals surface area contributed by atoms with Gasteiger partial charge in [0.15, 0.2) is 5.11 Å². The maximum Gasteiger partial charge on any atom is 0.226 e. The Morgan fingerprint density at radius 2 is 2.00 bits per heavy atom. The Kier molecular flexibility index (Phi) is 10.2. The third kappa shape index (κ3) is 9.23. The van der Waals surface area contributed by atoms with Gasteiger partial charge in [0.05, 0.1) is 6.61 Å². The molecule has 1 aromatic rings. The summed E-state index contributed by atoms with van der Waals surface area (Å²) in [4.78, 5) is 12.1. The van der Waals surface area contributed by atoms with Crippen molar-refractivity contribution in [1.82, 2.24) is 5.32 Å². The minimum absolute atomic E-state index is 0.00130. The van der Waals surface area contributed by atoms with Gasteiger partial charge in [-0.1, -0.05) is 64.4 Å². The molecule has 2 N–H and O–H groups in total. The molecule has 0 atom stereocenters. The lowest BCUT2D eigenvalue weighted by Crippen LogP contribution is -2.34. The summed E-state index contributed by atoms with van der Waals surface area (Å²) in [5.74, 6) is 1.53. The van der Waals surface area contributed by atoms with Gasteiger partial charge in [-0.25, -0.2) is 0 Å². The van der Waals surface area contributed by atoms with E-state index in [0.29, 0.717) is 17.5 Å². The van der Waals surface area contributed by atoms with E-state index in [2.05, 4.69) is 17.6 Å². The number of hydrogen-bond acceptors (Lipinski definition) is 3. The zero-order valence-corrected chi connectivity index (χ0v) is 17.4. The lowest BCUT2D eigenvalue weighted by atomic mass is 9.86. The number of amides is 1. The molecule has 1 fully saturated rings. The molecule has 2 rings (SSSR count). The fraction of sp³-hybridized carbons (Fsp3) is 0.636. The molecular formula is C22H34N2O2S. The summed E-state index contributed by atoms with van der Waals surface area (Å²) in [6.45, 7) is 2.93. The monoisotopic (exact) mass is 390 g/mol. The molecule has 150 valence electrons. The van der Waals surface area contributed by atoms with E-state index in [0.717, 1.165) is 30.9 Å². The second-order valence-electron chi connectivity index (χ2n) is 7.48. The predicted molar refractivity (Wildman–Crippen MR) is 116 cm³/mol. The van der Waals surface area contributed by atoms with Gasteiger partial charge < -0.3 is 15.4 Å². The van der Waals surface area contributed by atoms with E-state index in [9.17, 15) is 4.79 Å². The fourth-order valence-corrected chi connectivity index (χ4v) is 3.78. The number of ether oxygens (including phenoxy) is 1. The average Bonchev–Trinajstić information content (AvgIpc) is 2.67. The van der Waals surface area contributed by atoms with Crippen LogP contribution in [0.3, 0.4) is 0 Å². The van der Waals surface area contributed by atoms with Crippen molar-refractivity contribution in [3.8, 4) is 5.75 Å². The van der Waals surface area contributed by atoms with Crippen LogP contribution in [0.25, 0.3) is 0 Å². The van der Waals surface area contributed by atoms with Crippen LogP contribution in [0.5, 0.6) is 5.75 Å². The minimum Gasteiger partial charge on any atom is -0.494 e. The highest BCUT2D eigenvalue weighted by Gasteiger charge is 2.15. The Bertz CT molecular complexity index is 585. The smallest absolute Gasteiger partial charge is 0.226 e. The second-order valence-corrected chi connectivity index (χ2v) is 7.89. The molecule has 1 aliphatic rings. The maximum absolute atomic E-state index is 12.1.